The molecule has 2 N–H and O–H groups in total. The van der Waals surface area contributed by atoms with Crippen molar-refractivity contribution >= 4 is 226 Å². The molecule has 7 aromatic rings. The first-order chi connectivity index (χ1) is 51.6. The molecule has 586 valence electrons. The third-order valence-corrected chi connectivity index (χ3v) is 23.5. The number of halogens is 17. The lowest BCUT2D eigenvalue weighted by Gasteiger charge is -2.16. The van der Waals surface area contributed by atoms with Gasteiger partial charge in [-0.1, -0.05) is 236 Å². The van der Waals surface area contributed by atoms with E-state index < -0.39 is 27.6 Å². The quantitative estimate of drug-likeness (QED) is 0.0260. The van der Waals surface area contributed by atoms with Crippen LogP contribution in [0.4, 0.5) is 13.2 Å². The minimum atomic E-state index is -5.72. The molecule has 31 heteroatoms. The van der Waals surface area contributed by atoms with E-state index in [1.54, 1.807) is 72.8 Å². The van der Waals surface area contributed by atoms with Crippen molar-refractivity contribution in [1.82, 2.24) is 0 Å². The molecule has 1 atom stereocenters. The van der Waals surface area contributed by atoms with Crippen molar-refractivity contribution in [3.05, 3.63) is 253 Å². The molecule has 0 amide bonds. The number of esters is 2. The number of carboxylic acid groups (broad SMARTS) is 2. The van der Waals surface area contributed by atoms with E-state index in [-0.39, 0.29) is 57.8 Å². The maximum absolute atomic E-state index is 12.4. The molecule has 7 aromatic carbocycles. The molecular formula is C78H71Cl14F3O13S. The van der Waals surface area contributed by atoms with Gasteiger partial charge in [-0.25, -0.2) is 4.79 Å². The molecule has 0 aromatic heterocycles. The van der Waals surface area contributed by atoms with Crippen LogP contribution in [0.3, 0.4) is 0 Å². The maximum Gasteiger partial charge on any atom is 0.534 e. The number of Topliss-reactive ketones (excluding diaryl/α,β-unsaturated/α-hetero) is 1. The Kier molecular flexibility index (Phi) is 40.3. The van der Waals surface area contributed by atoms with E-state index in [4.69, 9.17) is 182 Å². The van der Waals surface area contributed by atoms with Gasteiger partial charge in [-0.2, -0.15) is 21.6 Å². The molecule has 0 saturated carbocycles. The van der Waals surface area contributed by atoms with Crippen LogP contribution in [0.5, 0.6) is 0 Å². The van der Waals surface area contributed by atoms with Crippen LogP contribution in [0.15, 0.2) is 121 Å². The van der Waals surface area contributed by atoms with Crippen LogP contribution < -0.4 is 0 Å². The number of aryl methyl sites for hydroxylation is 1. The van der Waals surface area contributed by atoms with Crippen LogP contribution in [0, 0.1) is 0 Å². The Labute approximate surface area is 700 Å². The molecule has 13 nitrogen and oxygen atoms in total. The molecule has 0 bridgehead atoms. The Morgan fingerprint density at radius 3 is 1.51 bits per heavy atom. The van der Waals surface area contributed by atoms with E-state index in [0.29, 0.717) is 122 Å². The molecule has 0 aliphatic heterocycles. The van der Waals surface area contributed by atoms with E-state index >= 15 is 0 Å². The van der Waals surface area contributed by atoms with Gasteiger partial charge < -0.3 is 23.9 Å². The van der Waals surface area contributed by atoms with Crippen molar-refractivity contribution < 1.29 is 74.2 Å². The van der Waals surface area contributed by atoms with Gasteiger partial charge in [0.1, 0.15) is 5.76 Å². The van der Waals surface area contributed by atoms with Crippen molar-refractivity contribution in [1.29, 1.82) is 0 Å². The van der Waals surface area contributed by atoms with Gasteiger partial charge in [0.2, 0.25) is 0 Å². The number of carbonyl (C=O) groups excluding carboxylic acids is 4. The molecule has 0 radical (unpaired) electrons. The van der Waals surface area contributed by atoms with Gasteiger partial charge in [0, 0.05) is 36.0 Å². The second-order valence-electron chi connectivity index (χ2n) is 24.0. The third-order valence-electron chi connectivity index (χ3n) is 16.6. The van der Waals surface area contributed by atoms with Gasteiger partial charge in [0.25, 0.3) is 0 Å². The Bertz CT molecular complexity index is 4610. The zero-order valence-corrected chi connectivity index (χ0v) is 69.5. The van der Waals surface area contributed by atoms with Crippen LogP contribution in [0.2, 0.25) is 70.3 Å². The summed E-state index contributed by atoms with van der Waals surface area (Å²) in [6, 6.07) is 29.2. The maximum atomic E-state index is 12.4. The number of benzene rings is 7. The monoisotopic (exact) mass is 1790 g/mol. The fourth-order valence-electron chi connectivity index (χ4n) is 11.2. The summed E-state index contributed by atoms with van der Waals surface area (Å²) < 4.78 is 73.5. The van der Waals surface area contributed by atoms with E-state index in [9.17, 15) is 50.4 Å². The summed E-state index contributed by atoms with van der Waals surface area (Å²) in [6.45, 7) is 0. The molecule has 4 aliphatic carbocycles. The zero-order chi connectivity index (χ0) is 80.9. The summed E-state index contributed by atoms with van der Waals surface area (Å²) in [7, 11) is -2.92. The van der Waals surface area contributed by atoms with Crippen molar-refractivity contribution in [3.8, 4) is 0 Å². The van der Waals surface area contributed by atoms with E-state index in [1.165, 1.54) is 32.4 Å². The smallest absolute Gasteiger partial charge is 0.481 e. The van der Waals surface area contributed by atoms with Gasteiger partial charge in [0.05, 0.1) is 96.0 Å². The van der Waals surface area contributed by atoms with Gasteiger partial charge >= 0.3 is 39.5 Å². The predicted octanol–water partition coefficient (Wildman–Crippen LogP) is 26.8. The largest absolute Gasteiger partial charge is 0.534 e. The Balaban J connectivity index is 0.000000230. The highest BCUT2D eigenvalue weighted by Crippen LogP contribution is 2.42. The van der Waals surface area contributed by atoms with Crippen molar-refractivity contribution in [2.24, 2.45) is 0 Å². The van der Waals surface area contributed by atoms with E-state index in [1.807, 2.05) is 36.4 Å². The standard InChI is InChI=1S/C13H14Cl2O2.C13H12Cl2O2.C12H9Cl2F3O3S.C11H12Cl2O2.C11H10Cl2O2.C11H10Cl2O.C7H4Cl2O/c2*1-17-13(16)10-5-3-2-4-9-8(10)6-7-11(14)12(9)15;13-9-6-5-7-8(11(9)14)3-1-2-4-10(7)20-21(18,19)12(15,16)17;2*12-9-6-3-5-8(11(9)13)4-1-2-7-10(14)15;12-9-6-5-7-8(11(9)13)3-1-2-4-10(7)14;8-6-3-1-2-5(4-10)7(6)9/h6-7,10H,2-5H2,1H3;5-7H,2-4H2,1H3;4-6H,1-3H2;3,5-6H,1-2,4,7H2,(H,14,15);1,3-6H,2,7H2,(H,14,15);5-6H,1-4H2;1-4H. The summed E-state index contributed by atoms with van der Waals surface area (Å²) in [5.74, 6) is -2.47. The SMILES string of the molecule is COC(=O)C1=CCCCc2c1ccc(Cl)c2Cl.COC(=O)C1CCCCc2c1ccc(Cl)c2Cl.O=C(O)CCC=Cc1cccc(Cl)c1Cl.O=C(O)CCCCc1cccc(Cl)c1Cl.O=C1CCCCc2c1ccc(Cl)c2Cl.O=Cc1cccc(Cl)c1Cl.O=S(=O)(OC1=CCCCc2c1ccc(Cl)c2Cl)C(F)(F)F. The fourth-order valence-corrected chi connectivity index (χ4v) is 14.6. The van der Waals surface area contributed by atoms with Gasteiger partial charge in [0.15, 0.2) is 12.1 Å². The Morgan fingerprint density at radius 2 is 0.963 bits per heavy atom. The Morgan fingerprint density at radius 1 is 0.505 bits per heavy atom. The van der Waals surface area contributed by atoms with Crippen LogP contribution in [0.25, 0.3) is 17.4 Å². The number of hydrogen-bond donors (Lipinski definition) is 2. The average Bonchev–Trinajstić information content (AvgIpc) is 1.78. The summed E-state index contributed by atoms with van der Waals surface area (Å²) in [4.78, 5) is 65.9. The lowest BCUT2D eigenvalue weighted by Crippen LogP contribution is -2.25. The highest BCUT2D eigenvalue weighted by atomic mass is 35.5. The number of ketones is 1. The number of aldehydes is 1. The minimum Gasteiger partial charge on any atom is -0.481 e. The number of hydrogen-bond acceptors (Lipinski definition) is 11. The highest BCUT2D eigenvalue weighted by molar-refractivity contribution is 7.87. The van der Waals surface area contributed by atoms with Crippen LogP contribution >= 0.6 is 162 Å². The fraction of sp³-hybridized carbons (Fsp3) is 0.308. The lowest BCUT2D eigenvalue weighted by atomic mass is 9.93. The first-order valence-corrected chi connectivity index (χ1v) is 40.2. The van der Waals surface area contributed by atoms with Crippen molar-refractivity contribution in [2.45, 2.75) is 140 Å². The molecule has 1 unspecified atom stereocenters. The number of rotatable bonds is 14. The van der Waals surface area contributed by atoms with Crippen LogP contribution in [-0.2, 0) is 75.1 Å². The molecule has 11 rings (SSSR count). The lowest BCUT2D eigenvalue weighted by molar-refractivity contribution is -0.142. The van der Waals surface area contributed by atoms with Crippen LogP contribution in [0.1, 0.15) is 173 Å². The van der Waals surface area contributed by atoms with Crippen molar-refractivity contribution in [3.63, 3.8) is 0 Å². The second kappa shape index (κ2) is 46.7. The van der Waals surface area contributed by atoms with Gasteiger partial charge in [-0.15, -0.1) is 0 Å². The van der Waals surface area contributed by atoms with Crippen molar-refractivity contribution in [2.75, 3.05) is 14.2 Å². The number of carbonyl (C=O) groups is 6. The normalized spacial score (nSPS) is 14.2. The number of methoxy groups -OCH3 is 2. The van der Waals surface area contributed by atoms with Gasteiger partial charge in [-0.3, -0.25) is 24.0 Å². The summed E-state index contributed by atoms with van der Waals surface area (Å²) >= 11 is 83.1. The first-order valence-electron chi connectivity index (χ1n) is 33.5. The predicted molar refractivity (Wildman–Crippen MR) is 436 cm³/mol. The number of unbranched alkanes of at least 4 members (excludes halogenated alkanes) is 1. The molecule has 0 spiro atoms. The number of allylic oxidation sites excluding steroid dienone is 3. The first kappa shape index (κ1) is 94.2. The molecule has 0 fully saturated rings. The number of alkyl halides is 3. The molecule has 0 heterocycles. The number of aliphatic carboxylic acids is 2. The number of ether oxygens (including phenoxy) is 2. The van der Waals surface area contributed by atoms with Crippen LogP contribution in [-0.4, -0.2) is 74.3 Å². The van der Waals surface area contributed by atoms with E-state index in [0.717, 1.165) is 122 Å². The molecule has 109 heavy (non-hydrogen) atoms. The third kappa shape index (κ3) is 28.6. The summed E-state index contributed by atoms with van der Waals surface area (Å²) in [5, 5.41) is 23.5. The molecular weight excluding hydrogens is 1730 g/mol. The molecule has 0 saturated heterocycles. The zero-order valence-electron chi connectivity index (χ0n) is 58.1. The molecule has 4 aliphatic rings. The minimum absolute atomic E-state index is 0.120. The summed E-state index contributed by atoms with van der Waals surface area (Å²) in [5.41, 5.74) is 3.43. The second-order valence-corrected chi connectivity index (χ2v) is 31.1. The average molecular weight is 1800 g/mol. The van der Waals surface area contributed by atoms with E-state index in [2.05, 4.69) is 4.18 Å². The topological polar surface area (TPSA) is 205 Å². The highest BCUT2D eigenvalue weighted by Gasteiger charge is 2.49. The number of carboxylic acids is 2. The summed E-state index contributed by atoms with van der Waals surface area (Å²) in [6.07, 6.45) is 21.7. The Hall–Kier alpha value is -5.42. The number of fused-ring (bicyclic) bond motifs is 4. The van der Waals surface area contributed by atoms with Gasteiger partial charge in [-0.05, 0) is 208 Å².